The molecule has 1 saturated heterocycles. The van der Waals surface area contributed by atoms with Gasteiger partial charge in [-0.2, -0.15) is 0 Å². The van der Waals surface area contributed by atoms with Crippen molar-refractivity contribution in [1.82, 2.24) is 5.32 Å². The van der Waals surface area contributed by atoms with E-state index in [0.29, 0.717) is 18.9 Å². The van der Waals surface area contributed by atoms with Crippen LogP contribution in [0.15, 0.2) is 18.2 Å². The number of primary amides is 1. The molecule has 1 saturated carbocycles. The number of carbonyl (C=O) groups excluding carboxylic acids is 1. The predicted octanol–water partition coefficient (Wildman–Crippen LogP) is 3.63. The number of amides is 1. The molecule has 1 aliphatic heterocycles. The van der Waals surface area contributed by atoms with E-state index in [1.165, 1.54) is 31.2 Å². The summed E-state index contributed by atoms with van der Waals surface area (Å²) in [6, 6.07) is 5.20. The molecule has 2 fully saturated rings. The van der Waals surface area contributed by atoms with Crippen molar-refractivity contribution in [2.24, 2.45) is 17.6 Å². The molecule has 144 valence electrons. The summed E-state index contributed by atoms with van der Waals surface area (Å²) in [6.45, 7) is 3.53. The third-order valence-corrected chi connectivity index (χ3v) is 6.13. The molecule has 1 amide bonds. The summed E-state index contributed by atoms with van der Waals surface area (Å²) >= 11 is 0. The van der Waals surface area contributed by atoms with Crippen LogP contribution in [0.2, 0.25) is 0 Å². The Morgan fingerprint density at radius 3 is 2.73 bits per heavy atom. The van der Waals surface area contributed by atoms with Crippen molar-refractivity contribution in [1.29, 1.82) is 0 Å². The molecule has 0 aromatic heterocycles. The molecule has 3 N–H and O–H groups in total. The number of nitrogens with two attached hydrogens (primary N) is 1. The van der Waals surface area contributed by atoms with Gasteiger partial charge in [0, 0.05) is 12.5 Å². The Kier molecular flexibility index (Phi) is 6.65. The van der Waals surface area contributed by atoms with Crippen molar-refractivity contribution in [3.63, 3.8) is 0 Å². The molecular formula is C21H31FN2O2. The van der Waals surface area contributed by atoms with E-state index in [2.05, 4.69) is 5.32 Å². The Balaban J connectivity index is 1.38. The molecule has 5 heteroatoms. The molecule has 0 spiro atoms. The van der Waals surface area contributed by atoms with Gasteiger partial charge in [0.2, 0.25) is 5.91 Å². The van der Waals surface area contributed by atoms with Gasteiger partial charge in [-0.15, -0.1) is 0 Å². The standard InChI is InChI=1S/C21H31FN2O2/c1-14-12-18(22)6-7-19(14)16-4-2-15(3-5-16)8-10-24-20-13-17(21(23)25)9-11-26-20/h6-7,12,15-17,20,24H,2-5,8-11,13H2,1H3,(H2,23,25)/t15-,16+,17?,20?. The normalized spacial score (nSPS) is 29.5. The number of carbonyl (C=O) groups is 1. The van der Waals surface area contributed by atoms with Crippen LogP contribution < -0.4 is 11.1 Å². The molecular weight excluding hydrogens is 331 g/mol. The van der Waals surface area contributed by atoms with Gasteiger partial charge in [-0.3, -0.25) is 10.1 Å². The largest absolute Gasteiger partial charge is 0.369 e. The van der Waals surface area contributed by atoms with Crippen LogP contribution in [0.4, 0.5) is 4.39 Å². The average molecular weight is 362 g/mol. The summed E-state index contributed by atoms with van der Waals surface area (Å²) in [6.07, 6.45) is 7.32. The minimum atomic E-state index is -0.213. The fraction of sp³-hybridized carbons (Fsp3) is 0.667. The van der Waals surface area contributed by atoms with E-state index >= 15 is 0 Å². The SMILES string of the molecule is Cc1cc(F)ccc1[C@H]1CC[C@@H](CCNC2CC(C(N)=O)CCO2)CC1. The molecule has 3 rings (SSSR count). The van der Waals surface area contributed by atoms with Crippen LogP contribution in [0, 0.1) is 24.6 Å². The van der Waals surface area contributed by atoms with Gasteiger partial charge in [-0.05, 0) is 93.5 Å². The quantitative estimate of drug-likeness (QED) is 0.812. The Morgan fingerprint density at radius 1 is 1.27 bits per heavy atom. The van der Waals surface area contributed by atoms with Crippen LogP contribution in [0.25, 0.3) is 0 Å². The number of halogens is 1. The zero-order valence-electron chi connectivity index (χ0n) is 15.7. The Hall–Kier alpha value is -1.46. The topological polar surface area (TPSA) is 64.3 Å². The fourth-order valence-corrected chi connectivity index (χ4v) is 4.51. The van der Waals surface area contributed by atoms with E-state index in [1.54, 1.807) is 12.1 Å². The Labute approximate surface area is 155 Å². The minimum absolute atomic E-state index is 0.0422. The number of aryl methyl sites for hydroxylation is 1. The van der Waals surface area contributed by atoms with Gasteiger partial charge < -0.3 is 10.5 Å². The molecule has 1 aliphatic carbocycles. The van der Waals surface area contributed by atoms with Gasteiger partial charge in [0.05, 0.1) is 0 Å². The molecule has 2 atom stereocenters. The third-order valence-electron chi connectivity index (χ3n) is 6.13. The van der Waals surface area contributed by atoms with Crippen molar-refractivity contribution in [2.75, 3.05) is 13.2 Å². The van der Waals surface area contributed by atoms with E-state index in [-0.39, 0.29) is 23.9 Å². The van der Waals surface area contributed by atoms with Crippen LogP contribution in [0.3, 0.4) is 0 Å². The van der Waals surface area contributed by atoms with Gasteiger partial charge in [-0.25, -0.2) is 4.39 Å². The maximum absolute atomic E-state index is 13.3. The first-order chi connectivity index (χ1) is 12.5. The summed E-state index contributed by atoms with van der Waals surface area (Å²) in [5.74, 6) is 0.882. The second kappa shape index (κ2) is 8.96. The van der Waals surface area contributed by atoms with Crippen molar-refractivity contribution in [2.45, 2.75) is 64.0 Å². The van der Waals surface area contributed by atoms with Gasteiger partial charge in [0.15, 0.2) is 0 Å². The van der Waals surface area contributed by atoms with Gasteiger partial charge in [-0.1, -0.05) is 6.07 Å². The first kappa shape index (κ1) is 19.3. The lowest BCUT2D eigenvalue weighted by atomic mass is 9.76. The molecule has 1 heterocycles. The van der Waals surface area contributed by atoms with E-state index in [0.717, 1.165) is 30.9 Å². The van der Waals surface area contributed by atoms with Crippen molar-refractivity contribution in [3.8, 4) is 0 Å². The average Bonchev–Trinajstić information content (AvgIpc) is 2.63. The van der Waals surface area contributed by atoms with Gasteiger partial charge >= 0.3 is 0 Å². The number of nitrogens with one attached hydrogen (secondary N) is 1. The van der Waals surface area contributed by atoms with E-state index < -0.39 is 0 Å². The lowest BCUT2D eigenvalue weighted by Gasteiger charge is -2.31. The van der Waals surface area contributed by atoms with Crippen molar-refractivity contribution < 1.29 is 13.9 Å². The summed E-state index contributed by atoms with van der Waals surface area (Å²) in [4.78, 5) is 11.3. The Morgan fingerprint density at radius 2 is 2.04 bits per heavy atom. The van der Waals surface area contributed by atoms with Crippen LogP contribution >= 0.6 is 0 Å². The lowest BCUT2D eigenvalue weighted by molar-refractivity contribution is -0.127. The van der Waals surface area contributed by atoms with Crippen molar-refractivity contribution >= 4 is 5.91 Å². The molecule has 2 unspecified atom stereocenters. The highest BCUT2D eigenvalue weighted by atomic mass is 19.1. The molecule has 4 nitrogen and oxygen atoms in total. The van der Waals surface area contributed by atoms with Crippen LogP contribution in [0.5, 0.6) is 0 Å². The molecule has 2 aliphatic rings. The predicted molar refractivity (Wildman–Crippen MR) is 100 cm³/mol. The summed E-state index contributed by atoms with van der Waals surface area (Å²) in [5, 5.41) is 3.44. The molecule has 0 bridgehead atoms. The molecule has 0 radical (unpaired) electrons. The summed E-state index contributed by atoms with van der Waals surface area (Å²) in [7, 11) is 0. The first-order valence-corrected chi connectivity index (χ1v) is 9.93. The number of ether oxygens (including phenoxy) is 1. The Bertz CT molecular complexity index is 614. The molecule has 26 heavy (non-hydrogen) atoms. The molecule has 1 aromatic carbocycles. The second-order valence-electron chi connectivity index (χ2n) is 7.94. The van der Waals surface area contributed by atoms with Gasteiger partial charge in [0.1, 0.15) is 12.0 Å². The van der Waals surface area contributed by atoms with E-state index in [4.69, 9.17) is 10.5 Å². The zero-order valence-corrected chi connectivity index (χ0v) is 15.7. The summed E-state index contributed by atoms with van der Waals surface area (Å²) < 4.78 is 19.0. The fourth-order valence-electron chi connectivity index (χ4n) is 4.51. The second-order valence-corrected chi connectivity index (χ2v) is 7.94. The maximum Gasteiger partial charge on any atom is 0.220 e. The summed E-state index contributed by atoms with van der Waals surface area (Å²) in [5.41, 5.74) is 7.80. The zero-order chi connectivity index (χ0) is 18.5. The smallest absolute Gasteiger partial charge is 0.220 e. The highest BCUT2D eigenvalue weighted by molar-refractivity contribution is 5.76. The number of benzene rings is 1. The number of hydrogen-bond acceptors (Lipinski definition) is 3. The minimum Gasteiger partial charge on any atom is -0.369 e. The van der Waals surface area contributed by atoms with Crippen molar-refractivity contribution in [3.05, 3.63) is 35.1 Å². The first-order valence-electron chi connectivity index (χ1n) is 9.93. The molecule has 1 aromatic rings. The lowest BCUT2D eigenvalue weighted by Crippen LogP contribution is -2.42. The van der Waals surface area contributed by atoms with Crippen LogP contribution in [-0.4, -0.2) is 25.3 Å². The number of hydrogen-bond donors (Lipinski definition) is 2. The van der Waals surface area contributed by atoms with E-state index in [1.807, 2.05) is 13.0 Å². The van der Waals surface area contributed by atoms with E-state index in [9.17, 15) is 9.18 Å². The highest BCUT2D eigenvalue weighted by Crippen LogP contribution is 2.38. The van der Waals surface area contributed by atoms with Gasteiger partial charge in [0.25, 0.3) is 0 Å². The van der Waals surface area contributed by atoms with Crippen LogP contribution in [-0.2, 0) is 9.53 Å². The maximum atomic E-state index is 13.3. The highest BCUT2D eigenvalue weighted by Gasteiger charge is 2.27. The van der Waals surface area contributed by atoms with Crippen LogP contribution in [0.1, 0.15) is 62.0 Å². The number of rotatable bonds is 6. The monoisotopic (exact) mass is 362 g/mol. The third kappa shape index (κ3) is 5.04.